The van der Waals surface area contributed by atoms with Gasteiger partial charge in [0, 0.05) is 13.0 Å². The van der Waals surface area contributed by atoms with Crippen molar-refractivity contribution in [3.05, 3.63) is 0 Å². The van der Waals surface area contributed by atoms with E-state index in [0.29, 0.717) is 25.1 Å². The van der Waals surface area contributed by atoms with Crippen LogP contribution in [0.1, 0.15) is 19.8 Å². The van der Waals surface area contributed by atoms with Crippen LogP contribution < -0.4 is 5.32 Å². The van der Waals surface area contributed by atoms with Gasteiger partial charge < -0.3 is 5.32 Å². The lowest BCUT2D eigenvalue weighted by molar-refractivity contribution is -0.119. The van der Waals surface area contributed by atoms with Crippen LogP contribution in [-0.4, -0.2) is 32.4 Å². The molecule has 1 N–H and O–H groups in total. The van der Waals surface area contributed by atoms with Crippen LogP contribution in [0.5, 0.6) is 0 Å². The number of hydrogen-bond acceptors (Lipinski definition) is 3. The van der Waals surface area contributed by atoms with Crippen LogP contribution in [0.2, 0.25) is 0 Å². The number of hydrogen-bond donors (Lipinski definition) is 1. The first-order valence-electron chi connectivity index (χ1n) is 4.88. The van der Waals surface area contributed by atoms with Gasteiger partial charge in [0.05, 0.1) is 11.5 Å². The first-order chi connectivity index (χ1) is 6.41. The van der Waals surface area contributed by atoms with Crippen LogP contribution in [0.3, 0.4) is 0 Å². The van der Waals surface area contributed by atoms with Gasteiger partial charge in [-0.2, -0.15) is 0 Å². The quantitative estimate of drug-likeness (QED) is 0.669. The molecule has 2 aliphatic rings. The number of carbonyl (C=O) groups excluding carboxylic acids is 1. The predicted molar refractivity (Wildman–Crippen MR) is 52.5 cm³/mol. The zero-order valence-corrected chi connectivity index (χ0v) is 9.06. The van der Waals surface area contributed by atoms with Gasteiger partial charge in [-0.05, 0) is 17.8 Å². The van der Waals surface area contributed by atoms with Crippen molar-refractivity contribution in [2.75, 3.05) is 18.1 Å². The van der Waals surface area contributed by atoms with E-state index in [0.717, 1.165) is 0 Å². The predicted octanol–water partition coefficient (Wildman–Crippen LogP) is -0.0527. The maximum absolute atomic E-state index is 11.3. The topological polar surface area (TPSA) is 63.2 Å². The zero-order chi connectivity index (χ0) is 10.4. The molecule has 0 saturated carbocycles. The molecule has 1 amide bonds. The van der Waals surface area contributed by atoms with E-state index in [-0.39, 0.29) is 23.0 Å². The Morgan fingerprint density at radius 3 is 2.64 bits per heavy atom. The van der Waals surface area contributed by atoms with E-state index < -0.39 is 9.84 Å². The molecular weight excluding hydrogens is 202 g/mol. The summed E-state index contributed by atoms with van der Waals surface area (Å²) < 4.78 is 22.6. The van der Waals surface area contributed by atoms with Crippen LogP contribution in [0.4, 0.5) is 0 Å². The minimum atomic E-state index is -2.83. The van der Waals surface area contributed by atoms with Gasteiger partial charge in [0.15, 0.2) is 9.84 Å². The van der Waals surface area contributed by atoms with E-state index in [2.05, 4.69) is 5.32 Å². The monoisotopic (exact) mass is 217 g/mol. The second-order valence-corrected chi connectivity index (χ2v) is 6.94. The third kappa shape index (κ3) is 1.65. The summed E-state index contributed by atoms with van der Waals surface area (Å²) >= 11 is 0. The standard InChI is InChI=1S/C9H15NO3S/c1-9(4-8(11)10-6-9)7-2-3-14(12,13)5-7/h7H,2-6H2,1H3,(H,10,11). The van der Waals surface area contributed by atoms with Gasteiger partial charge in [0.1, 0.15) is 0 Å². The molecule has 0 aliphatic carbocycles. The SMILES string of the molecule is CC1(C2CCS(=O)(=O)C2)CNC(=O)C1. The summed E-state index contributed by atoms with van der Waals surface area (Å²) in [7, 11) is -2.83. The maximum atomic E-state index is 11.3. The van der Waals surface area contributed by atoms with Gasteiger partial charge >= 0.3 is 0 Å². The molecule has 2 rings (SSSR count). The molecule has 2 heterocycles. The van der Waals surface area contributed by atoms with Gasteiger partial charge in [-0.3, -0.25) is 4.79 Å². The average molecular weight is 217 g/mol. The van der Waals surface area contributed by atoms with Crippen molar-refractivity contribution in [2.45, 2.75) is 19.8 Å². The summed E-state index contributed by atoms with van der Waals surface area (Å²) in [4.78, 5) is 11.1. The van der Waals surface area contributed by atoms with Crippen molar-refractivity contribution >= 4 is 15.7 Å². The highest BCUT2D eigenvalue weighted by Gasteiger charge is 2.45. The Bertz CT molecular complexity index is 362. The van der Waals surface area contributed by atoms with E-state index >= 15 is 0 Å². The van der Waals surface area contributed by atoms with Gasteiger partial charge in [-0.1, -0.05) is 6.92 Å². The number of rotatable bonds is 1. The third-order valence-corrected chi connectivity index (χ3v) is 5.24. The van der Waals surface area contributed by atoms with Crippen LogP contribution in [0, 0.1) is 11.3 Å². The highest BCUT2D eigenvalue weighted by Crippen LogP contribution is 2.40. The lowest BCUT2D eigenvalue weighted by Crippen LogP contribution is -2.30. The van der Waals surface area contributed by atoms with Gasteiger partial charge in [0.25, 0.3) is 0 Å². The highest BCUT2D eigenvalue weighted by atomic mass is 32.2. The summed E-state index contributed by atoms with van der Waals surface area (Å²) in [6, 6.07) is 0. The molecule has 5 heteroatoms. The summed E-state index contributed by atoms with van der Waals surface area (Å²) in [6.45, 7) is 2.64. The van der Waals surface area contributed by atoms with Crippen molar-refractivity contribution in [3.8, 4) is 0 Å². The molecule has 0 bridgehead atoms. The lowest BCUT2D eigenvalue weighted by atomic mass is 9.76. The third-order valence-electron chi connectivity index (χ3n) is 3.47. The number of nitrogens with one attached hydrogen (secondary N) is 1. The van der Waals surface area contributed by atoms with Crippen molar-refractivity contribution in [1.29, 1.82) is 0 Å². The Morgan fingerprint density at radius 1 is 1.50 bits per heavy atom. The minimum absolute atomic E-state index is 0.0526. The van der Waals surface area contributed by atoms with E-state index in [1.54, 1.807) is 0 Å². The Hall–Kier alpha value is -0.580. The van der Waals surface area contributed by atoms with Gasteiger partial charge in [-0.15, -0.1) is 0 Å². The molecule has 2 fully saturated rings. The summed E-state index contributed by atoms with van der Waals surface area (Å²) in [5.41, 5.74) is -0.138. The number of amides is 1. The molecular formula is C9H15NO3S. The maximum Gasteiger partial charge on any atom is 0.220 e. The summed E-state index contributed by atoms with van der Waals surface area (Å²) in [5.74, 6) is 0.767. The van der Waals surface area contributed by atoms with E-state index in [9.17, 15) is 13.2 Å². The van der Waals surface area contributed by atoms with Crippen LogP contribution in [0.25, 0.3) is 0 Å². The Labute approximate surface area is 84.0 Å². The molecule has 2 saturated heterocycles. The van der Waals surface area contributed by atoms with Gasteiger partial charge in [-0.25, -0.2) is 8.42 Å². The van der Waals surface area contributed by atoms with Crippen molar-refractivity contribution in [2.24, 2.45) is 11.3 Å². The fraction of sp³-hybridized carbons (Fsp3) is 0.889. The Balaban J connectivity index is 2.13. The molecule has 0 aromatic rings. The first-order valence-corrected chi connectivity index (χ1v) is 6.71. The number of sulfone groups is 1. The normalized spacial score (nSPS) is 41.2. The molecule has 0 radical (unpaired) electrons. The second-order valence-electron chi connectivity index (χ2n) is 4.71. The lowest BCUT2D eigenvalue weighted by Gasteiger charge is -2.27. The molecule has 2 unspecified atom stereocenters. The summed E-state index contributed by atoms with van der Waals surface area (Å²) in [5, 5.41) is 2.78. The molecule has 2 atom stereocenters. The minimum Gasteiger partial charge on any atom is -0.356 e. The van der Waals surface area contributed by atoms with Crippen LogP contribution in [0.15, 0.2) is 0 Å². The van der Waals surface area contributed by atoms with Crippen LogP contribution in [-0.2, 0) is 14.6 Å². The summed E-state index contributed by atoms with van der Waals surface area (Å²) in [6.07, 6.45) is 1.20. The van der Waals surface area contributed by atoms with Crippen molar-refractivity contribution < 1.29 is 13.2 Å². The fourth-order valence-corrected chi connectivity index (χ4v) is 4.42. The largest absolute Gasteiger partial charge is 0.356 e. The molecule has 2 aliphatic heterocycles. The van der Waals surface area contributed by atoms with Crippen molar-refractivity contribution in [3.63, 3.8) is 0 Å². The number of carbonyl (C=O) groups is 1. The zero-order valence-electron chi connectivity index (χ0n) is 8.25. The Morgan fingerprint density at radius 2 is 2.21 bits per heavy atom. The molecule has 0 spiro atoms. The molecule has 4 nitrogen and oxygen atoms in total. The molecule has 80 valence electrons. The average Bonchev–Trinajstić information content (AvgIpc) is 2.57. The van der Waals surface area contributed by atoms with Crippen molar-refractivity contribution in [1.82, 2.24) is 5.32 Å². The molecule has 0 aromatic heterocycles. The van der Waals surface area contributed by atoms with Crippen LogP contribution >= 0.6 is 0 Å². The first kappa shape index (κ1) is 9.96. The smallest absolute Gasteiger partial charge is 0.220 e. The van der Waals surface area contributed by atoms with E-state index in [1.807, 2.05) is 6.92 Å². The van der Waals surface area contributed by atoms with E-state index in [1.165, 1.54) is 0 Å². The second kappa shape index (κ2) is 2.95. The van der Waals surface area contributed by atoms with E-state index in [4.69, 9.17) is 0 Å². The fourth-order valence-electron chi connectivity index (χ4n) is 2.43. The molecule has 0 aromatic carbocycles. The molecule has 14 heavy (non-hydrogen) atoms. The highest BCUT2D eigenvalue weighted by molar-refractivity contribution is 7.91. The Kier molecular flexibility index (Phi) is 2.10. The van der Waals surface area contributed by atoms with Gasteiger partial charge in [0.2, 0.25) is 5.91 Å².